The molecule has 10 nitrogen and oxygen atoms in total. The lowest BCUT2D eigenvalue weighted by Gasteiger charge is -2.26. The summed E-state index contributed by atoms with van der Waals surface area (Å²) in [7, 11) is 0. The molecule has 0 aromatic carbocycles. The first-order valence-electron chi connectivity index (χ1n) is 11.0. The van der Waals surface area contributed by atoms with Gasteiger partial charge in [0, 0.05) is 36.5 Å². The number of nitriles is 1. The average Bonchev–Trinajstić information content (AvgIpc) is 3.25. The molecule has 11 heteroatoms. The van der Waals surface area contributed by atoms with E-state index in [4.69, 9.17) is 10.00 Å². The predicted octanol–water partition coefficient (Wildman–Crippen LogP) is 2.12. The minimum absolute atomic E-state index is 0.00785. The SMILES string of the molecule is CC(C)(O)C(F)CNC(=O)c1cnc(-n2ncc3cc(C#N)cnc32)cc1NC1CCCOC1. The Morgan fingerprint density at radius 3 is 2.91 bits per heavy atom. The molecular formula is C23H26FN7O3. The van der Waals surface area contributed by atoms with Gasteiger partial charge in [-0.05, 0) is 32.8 Å². The summed E-state index contributed by atoms with van der Waals surface area (Å²) < 4.78 is 21.2. The van der Waals surface area contributed by atoms with Crippen molar-refractivity contribution in [1.82, 2.24) is 25.1 Å². The number of aliphatic hydroxyl groups is 1. The van der Waals surface area contributed by atoms with Gasteiger partial charge in [0.05, 0.1) is 41.8 Å². The van der Waals surface area contributed by atoms with E-state index in [9.17, 15) is 14.3 Å². The van der Waals surface area contributed by atoms with Crippen LogP contribution >= 0.6 is 0 Å². The quantitative estimate of drug-likeness (QED) is 0.480. The molecule has 1 aliphatic rings. The Bertz CT molecular complexity index is 1230. The van der Waals surface area contributed by atoms with E-state index in [0.717, 1.165) is 12.8 Å². The zero-order chi connectivity index (χ0) is 24.3. The molecule has 34 heavy (non-hydrogen) atoms. The van der Waals surface area contributed by atoms with Gasteiger partial charge in [-0.3, -0.25) is 4.79 Å². The Balaban J connectivity index is 1.65. The Kier molecular flexibility index (Phi) is 6.72. The van der Waals surface area contributed by atoms with Gasteiger partial charge in [0.15, 0.2) is 11.5 Å². The normalized spacial score (nSPS) is 17.2. The van der Waals surface area contributed by atoms with Crippen molar-refractivity contribution < 1.29 is 19.0 Å². The third-order valence-corrected chi connectivity index (χ3v) is 5.62. The molecule has 2 atom stereocenters. The van der Waals surface area contributed by atoms with Gasteiger partial charge in [0.25, 0.3) is 5.91 Å². The fraction of sp³-hybridized carbons (Fsp3) is 0.435. The predicted molar refractivity (Wildman–Crippen MR) is 122 cm³/mol. The van der Waals surface area contributed by atoms with Crippen LogP contribution in [0.5, 0.6) is 0 Å². The van der Waals surface area contributed by atoms with Gasteiger partial charge < -0.3 is 20.5 Å². The first-order valence-corrected chi connectivity index (χ1v) is 11.0. The molecule has 0 saturated carbocycles. The summed E-state index contributed by atoms with van der Waals surface area (Å²) in [5, 5.41) is 29.8. The number of halogens is 1. The number of rotatable bonds is 7. The van der Waals surface area contributed by atoms with Crippen molar-refractivity contribution in [3.8, 4) is 11.9 Å². The summed E-state index contributed by atoms with van der Waals surface area (Å²) in [6, 6.07) is 5.40. The maximum absolute atomic E-state index is 14.2. The van der Waals surface area contributed by atoms with E-state index in [1.54, 1.807) is 18.3 Å². The van der Waals surface area contributed by atoms with Gasteiger partial charge in [-0.2, -0.15) is 15.0 Å². The molecule has 4 rings (SSSR count). The Labute approximate surface area is 195 Å². The van der Waals surface area contributed by atoms with Crippen molar-refractivity contribution >= 4 is 22.6 Å². The van der Waals surface area contributed by atoms with Crippen molar-refractivity contribution in [3.05, 3.63) is 41.9 Å². The zero-order valence-corrected chi connectivity index (χ0v) is 19.0. The van der Waals surface area contributed by atoms with Crippen LogP contribution in [0.15, 0.2) is 30.7 Å². The van der Waals surface area contributed by atoms with E-state index in [1.807, 2.05) is 6.07 Å². The molecule has 0 bridgehead atoms. The molecule has 4 heterocycles. The van der Waals surface area contributed by atoms with Gasteiger partial charge in [-0.25, -0.2) is 14.4 Å². The number of carbonyl (C=O) groups excluding carboxylic acids is 1. The van der Waals surface area contributed by atoms with Crippen LogP contribution in [-0.4, -0.2) is 68.3 Å². The van der Waals surface area contributed by atoms with E-state index in [1.165, 1.54) is 30.9 Å². The fourth-order valence-electron chi connectivity index (χ4n) is 3.61. The van der Waals surface area contributed by atoms with Crippen LogP contribution in [0, 0.1) is 11.3 Å². The van der Waals surface area contributed by atoms with Crippen LogP contribution in [0.3, 0.4) is 0 Å². The third-order valence-electron chi connectivity index (χ3n) is 5.62. The Morgan fingerprint density at radius 2 is 2.21 bits per heavy atom. The van der Waals surface area contributed by atoms with Crippen molar-refractivity contribution in [1.29, 1.82) is 5.26 Å². The second-order valence-electron chi connectivity index (χ2n) is 8.78. The number of ether oxygens (including phenoxy) is 1. The maximum Gasteiger partial charge on any atom is 0.255 e. The highest BCUT2D eigenvalue weighted by Gasteiger charge is 2.27. The smallest absolute Gasteiger partial charge is 0.255 e. The molecule has 0 spiro atoms. The molecule has 0 aliphatic carbocycles. The van der Waals surface area contributed by atoms with E-state index in [0.29, 0.717) is 41.3 Å². The number of pyridine rings is 2. The Morgan fingerprint density at radius 1 is 1.38 bits per heavy atom. The summed E-state index contributed by atoms with van der Waals surface area (Å²) in [5.74, 6) is -0.102. The van der Waals surface area contributed by atoms with Gasteiger partial charge >= 0.3 is 0 Å². The second kappa shape index (κ2) is 9.70. The van der Waals surface area contributed by atoms with Crippen LogP contribution in [0.2, 0.25) is 0 Å². The maximum atomic E-state index is 14.2. The largest absolute Gasteiger partial charge is 0.387 e. The number of hydrogen-bond acceptors (Lipinski definition) is 8. The molecule has 1 fully saturated rings. The minimum Gasteiger partial charge on any atom is -0.387 e. The Hall–Kier alpha value is -3.62. The molecule has 3 N–H and O–H groups in total. The molecule has 3 aromatic rings. The third kappa shape index (κ3) is 5.13. The molecule has 1 aliphatic heterocycles. The average molecular weight is 468 g/mol. The van der Waals surface area contributed by atoms with E-state index < -0.39 is 17.7 Å². The molecule has 0 radical (unpaired) electrons. The van der Waals surface area contributed by atoms with Crippen LogP contribution in [0.25, 0.3) is 16.9 Å². The van der Waals surface area contributed by atoms with Gasteiger partial charge in [0.2, 0.25) is 0 Å². The van der Waals surface area contributed by atoms with Crippen LogP contribution in [0.1, 0.15) is 42.6 Å². The first-order chi connectivity index (χ1) is 16.3. The summed E-state index contributed by atoms with van der Waals surface area (Å²) >= 11 is 0. The highest BCUT2D eigenvalue weighted by atomic mass is 19.1. The number of fused-ring (bicyclic) bond motifs is 1. The van der Waals surface area contributed by atoms with Crippen molar-refractivity contribution in [2.24, 2.45) is 0 Å². The summed E-state index contributed by atoms with van der Waals surface area (Å²) in [5.41, 5.74) is 0.0857. The van der Waals surface area contributed by atoms with Crippen LogP contribution in [0.4, 0.5) is 10.1 Å². The van der Waals surface area contributed by atoms with Gasteiger partial charge in [0.1, 0.15) is 12.2 Å². The number of nitrogens with one attached hydrogen (secondary N) is 2. The van der Waals surface area contributed by atoms with Gasteiger partial charge in [-0.15, -0.1) is 0 Å². The summed E-state index contributed by atoms with van der Waals surface area (Å²) in [6.07, 6.45) is 4.56. The highest BCUT2D eigenvalue weighted by molar-refractivity contribution is 5.99. The van der Waals surface area contributed by atoms with Crippen LogP contribution in [-0.2, 0) is 4.74 Å². The number of alkyl halides is 1. The summed E-state index contributed by atoms with van der Waals surface area (Å²) in [4.78, 5) is 21.6. The van der Waals surface area contributed by atoms with E-state index >= 15 is 0 Å². The number of aromatic nitrogens is 4. The van der Waals surface area contributed by atoms with E-state index in [2.05, 4.69) is 25.7 Å². The first kappa shape index (κ1) is 23.5. The lowest BCUT2D eigenvalue weighted by molar-refractivity contribution is -0.00177. The standard InChI is InChI=1S/C23H26FN7O3/c1-23(2,33)19(24)12-28-22(32)17-11-26-20(7-18(17)30-16-4-3-5-34-13-16)31-21-15(10-29-31)6-14(8-25)9-27-21/h6-7,9-11,16,19,33H,3-5,12-13H2,1-2H3,(H,26,30)(H,28,32). The lowest BCUT2D eigenvalue weighted by Crippen LogP contribution is -2.42. The number of amides is 1. The lowest BCUT2D eigenvalue weighted by atomic mass is 10.0. The topological polar surface area (TPSA) is 138 Å². The number of hydrogen-bond donors (Lipinski definition) is 3. The van der Waals surface area contributed by atoms with Gasteiger partial charge in [-0.1, -0.05) is 0 Å². The number of nitrogens with zero attached hydrogens (tertiary/aromatic N) is 5. The molecule has 3 aromatic heterocycles. The van der Waals surface area contributed by atoms with Crippen molar-refractivity contribution in [2.75, 3.05) is 25.1 Å². The minimum atomic E-state index is -1.63. The summed E-state index contributed by atoms with van der Waals surface area (Å²) in [6.45, 7) is 3.53. The molecule has 1 saturated heterocycles. The van der Waals surface area contributed by atoms with Crippen molar-refractivity contribution in [2.45, 2.75) is 44.5 Å². The number of anilines is 1. The van der Waals surface area contributed by atoms with Crippen molar-refractivity contribution in [3.63, 3.8) is 0 Å². The molecular weight excluding hydrogens is 441 g/mol. The number of carbonyl (C=O) groups is 1. The molecule has 2 unspecified atom stereocenters. The second-order valence-corrected chi connectivity index (χ2v) is 8.78. The monoisotopic (exact) mass is 467 g/mol. The fourth-order valence-corrected chi connectivity index (χ4v) is 3.61. The van der Waals surface area contributed by atoms with Crippen LogP contribution < -0.4 is 10.6 Å². The molecule has 1 amide bonds. The van der Waals surface area contributed by atoms with E-state index in [-0.39, 0.29) is 18.2 Å². The zero-order valence-electron chi connectivity index (χ0n) is 19.0. The molecule has 178 valence electrons. The highest BCUT2D eigenvalue weighted by Crippen LogP contribution is 2.24.